The molecule has 2 aliphatic heterocycles. The van der Waals surface area contributed by atoms with Crippen molar-refractivity contribution in [3.05, 3.63) is 47.7 Å². The normalized spacial score (nSPS) is 21.0. The van der Waals surface area contributed by atoms with E-state index >= 15 is 0 Å². The summed E-state index contributed by atoms with van der Waals surface area (Å²) >= 11 is 0. The average Bonchev–Trinajstić information content (AvgIpc) is 3.09. The Morgan fingerprint density at radius 2 is 2.00 bits per heavy atom. The van der Waals surface area contributed by atoms with Gasteiger partial charge in [-0.1, -0.05) is 6.07 Å². The van der Waals surface area contributed by atoms with Crippen LogP contribution >= 0.6 is 0 Å². The van der Waals surface area contributed by atoms with Gasteiger partial charge in [0.1, 0.15) is 12.4 Å². The van der Waals surface area contributed by atoms with Crippen molar-refractivity contribution in [3.8, 4) is 0 Å². The summed E-state index contributed by atoms with van der Waals surface area (Å²) in [5.74, 6) is 0.665. The number of allylic oxidation sites excluding steroid dienone is 1. The van der Waals surface area contributed by atoms with Crippen LogP contribution in [0.4, 0.5) is 5.95 Å². The molecular weight excluding hydrogens is 318 g/mol. The molecule has 0 aromatic carbocycles. The second-order valence-electron chi connectivity index (χ2n) is 6.44. The van der Waals surface area contributed by atoms with Crippen molar-refractivity contribution in [1.29, 1.82) is 0 Å². The third-order valence-corrected chi connectivity index (χ3v) is 4.78. The van der Waals surface area contributed by atoms with E-state index in [-0.39, 0.29) is 11.9 Å². The number of nitrogens with one attached hydrogen (secondary N) is 1. The highest BCUT2D eigenvalue weighted by Gasteiger charge is 2.36. The Balaban J connectivity index is 1.74. The molecule has 1 fully saturated rings. The number of hydrogen-bond acceptors (Lipinski definition) is 6. The maximum absolute atomic E-state index is 13.3. The Kier molecular flexibility index (Phi) is 3.96. The molecule has 4 rings (SSSR count). The number of carbonyl (C=O) groups excluding carboxylic acids is 1. The Morgan fingerprint density at radius 3 is 2.72 bits per heavy atom. The molecule has 1 atom stereocenters. The zero-order valence-corrected chi connectivity index (χ0v) is 14.4. The zero-order valence-electron chi connectivity index (χ0n) is 14.4. The Labute approximate surface area is 146 Å². The van der Waals surface area contributed by atoms with Gasteiger partial charge < -0.3 is 15.1 Å². The molecule has 1 amide bonds. The van der Waals surface area contributed by atoms with E-state index in [2.05, 4.69) is 32.3 Å². The lowest BCUT2D eigenvalue weighted by Gasteiger charge is -2.36. The lowest BCUT2D eigenvalue weighted by molar-refractivity contribution is -0.129. The molecule has 0 radical (unpaired) electrons. The fourth-order valence-electron chi connectivity index (χ4n) is 3.36. The smallest absolute Gasteiger partial charge is 0.254 e. The summed E-state index contributed by atoms with van der Waals surface area (Å²) in [4.78, 5) is 26.2. The van der Waals surface area contributed by atoms with Crippen molar-refractivity contribution < 1.29 is 4.79 Å². The second-order valence-corrected chi connectivity index (χ2v) is 6.44. The Bertz CT molecular complexity index is 805. The maximum atomic E-state index is 13.3. The highest BCUT2D eigenvalue weighted by Crippen LogP contribution is 2.34. The summed E-state index contributed by atoms with van der Waals surface area (Å²) in [5, 5.41) is 7.53. The van der Waals surface area contributed by atoms with E-state index < -0.39 is 0 Å². The highest BCUT2D eigenvalue weighted by atomic mass is 16.2. The number of piperazine rings is 1. The van der Waals surface area contributed by atoms with Crippen LogP contribution in [0.3, 0.4) is 0 Å². The van der Waals surface area contributed by atoms with Crippen LogP contribution in [-0.2, 0) is 4.79 Å². The molecule has 0 spiro atoms. The number of fused-ring (bicyclic) bond motifs is 1. The maximum Gasteiger partial charge on any atom is 0.254 e. The number of rotatable bonds is 2. The van der Waals surface area contributed by atoms with Crippen molar-refractivity contribution >= 4 is 11.9 Å². The third kappa shape index (κ3) is 2.78. The Morgan fingerprint density at radius 1 is 1.20 bits per heavy atom. The number of carbonyl (C=O) groups is 1. The summed E-state index contributed by atoms with van der Waals surface area (Å²) in [6.07, 6.45) is 3.23. The minimum Gasteiger partial charge on any atom is -0.336 e. The van der Waals surface area contributed by atoms with E-state index in [1.54, 1.807) is 10.9 Å². The number of nitrogens with zero attached hydrogens (tertiary/aromatic N) is 6. The highest BCUT2D eigenvalue weighted by molar-refractivity contribution is 5.96. The molecule has 0 saturated carbocycles. The van der Waals surface area contributed by atoms with Gasteiger partial charge in [-0.05, 0) is 26.1 Å². The molecule has 0 bridgehead atoms. The molecular formula is C17H21N7O. The van der Waals surface area contributed by atoms with E-state index in [0.717, 1.165) is 37.6 Å². The molecule has 2 aliphatic rings. The molecule has 25 heavy (non-hydrogen) atoms. The largest absolute Gasteiger partial charge is 0.336 e. The molecule has 1 saturated heterocycles. The molecule has 2 aromatic rings. The van der Waals surface area contributed by atoms with Crippen molar-refractivity contribution in [2.24, 2.45) is 0 Å². The van der Waals surface area contributed by atoms with Gasteiger partial charge in [0.25, 0.3) is 5.91 Å². The number of pyridine rings is 1. The van der Waals surface area contributed by atoms with E-state index in [1.807, 2.05) is 30.0 Å². The van der Waals surface area contributed by atoms with Crippen molar-refractivity contribution in [2.75, 3.05) is 38.5 Å². The van der Waals surface area contributed by atoms with Gasteiger partial charge in [0.15, 0.2) is 0 Å². The van der Waals surface area contributed by atoms with Gasteiger partial charge in [-0.3, -0.25) is 9.78 Å². The quantitative estimate of drug-likeness (QED) is 0.869. The van der Waals surface area contributed by atoms with Crippen molar-refractivity contribution in [2.45, 2.75) is 13.0 Å². The molecule has 1 unspecified atom stereocenters. The predicted octanol–water partition coefficient (Wildman–Crippen LogP) is 0.736. The van der Waals surface area contributed by atoms with Crippen LogP contribution in [0, 0.1) is 0 Å². The van der Waals surface area contributed by atoms with Gasteiger partial charge in [-0.15, -0.1) is 0 Å². The first-order chi connectivity index (χ1) is 12.1. The van der Waals surface area contributed by atoms with Crippen molar-refractivity contribution in [1.82, 2.24) is 29.5 Å². The van der Waals surface area contributed by atoms with E-state index in [0.29, 0.717) is 11.5 Å². The number of likely N-dealkylation sites (N-methyl/N-ethyl adjacent to an activating group) is 1. The summed E-state index contributed by atoms with van der Waals surface area (Å²) in [6.45, 7) is 5.14. The van der Waals surface area contributed by atoms with Crippen LogP contribution in [-0.4, -0.2) is 68.7 Å². The number of aromatic nitrogens is 4. The van der Waals surface area contributed by atoms with Crippen LogP contribution in [0.1, 0.15) is 18.7 Å². The first kappa shape index (κ1) is 15.8. The lowest BCUT2D eigenvalue weighted by atomic mass is 9.98. The molecule has 130 valence electrons. The minimum atomic E-state index is -0.368. The topological polar surface area (TPSA) is 79.2 Å². The fraction of sp³-hybridized carbons (Fsp3) is 0.412. The molecule has 8 heteroatoms. The second kappa shape index (κ2) is 6.29. The van der Waals surface area contributed by atoms with Gasteiger partial charge in [0, 0.05) is 38.1 Å². The monoisotopic (exact) mass is 339 g/mol. The predicted molar refractivity (Wildman–Crippen MR) is 92.8 cm³/mol. The van der Waals surface area contributed by atoms with Crippen molar-refractivity contribution in [3.63, 3.8) is 0 Å². The molecule has 0 aliphatic carbocycles. The first-order valence-electron chi connectivity index (χ1n) is 8.41. The zero-order chi connectivity index (χ0) is 17.4. The van der Waals surface area contributed by atoms with Gasteiger partial charge in [-0.2, -0.15) is 10.1 Å². The first-order valence-corrected chi connectivity index (χ1v) is 8.41. The fourth-order valence-corrected chi connectivity index (χ4v) is 3.36. The number of anilines is 1. The van der Waals surface area contributed by atoms with Crippen LogP contribution in [0.15, 0.2) is 42.0 Å². The average molecular weight is 339 g/mol. The summed E-state index contributed by atoms with van der Waals surface area (Å²) < 4.78 is 1.73. The molecule has 1 N–H and O–H groups in total. The molecule has 2 aromatic heterocycles. The lowest BCUT2D eigenvalue weighted by Crippen LogP contribution is -2.49. The van der Waals surface area contributed by atoms with Crippen LogP contribution < -0.4 is 5.32 Å². The molecule has 8 nitrogen and oxygen atoms in total. The van der Waals surface area contributed by atoms with E-state index in [9.17, 15) is 4.79 Å². The van der Waals surface area contributed by atoms with Crippen LogP contribution in [0.2, 0.25) is 0 Å². The van der Waals surface area contributed by atoms with E-state index in [1.165, 1.54) is 6.33 Å². The van der Waals surface area contributed by atoms with Gasteiger partial charge in [-0.25, -0.2) is 4.68 Å². The van der Waals surface area contributed by atoms with Crippen LogP contribution in [0.25, 0.3) is 0 Å². The number of hydrogen-bond donors (Lipinski definition) is 1. The Hall–Kier alpha value is -2.74. The molecule has 4 heterocycles. The summed E-state index contributed by atoms with van der Waals surface area (Å²) in [6, 6.07) is 5.35. The minimum absolute atomic E-state index is 0.0369. The van der Waals surface area contributed by atoms with E-state index in [4.69, 9.17) is 0 Å². The standard InChI is InChI=1S/C17H21N7O/c1-12-14(16(25)23-9-7-22(2)8-10-23)15(13-5-3-4-6-18-13)24-17(21-12)19-11-20-24/h3-6,11,15H,7-10H2,1-2H3,(H,19,20,21). The number of amides is 1. The van der Waals surface area contributed by atoms with Crippen LogP contribution in [0.5, 0.6) is 0 Å². The third-order valence-electron chi connectivity index (χ3n) is 4.78. The van der Waals surface area contributed by atoms with Gasteiger partial charge in [0.05, 0.1) is 11.3 Å². The van der Waals surface area contributed by atoms with Gasteiger partial charge in [0.2, 0.25) is 5.95 Å². The summed E-state index contributed by atoms with van der Waals surface area (Å²) in [7, 11) is 2.08. The SMILES string of the molecule is CC1=C(C(=O)N2CCN(C)CC2)C(c2ccccn2)n2ncnc2N1. The summed E-state index contributed by atoms with van der Waals surface area (Å²) in [5.41, 5.74) is 2.27. The van der Waals surface area contributed by atoms with Gasteiger partial charge >= 0.3 is 0 Å².